The summed E-state index contributed by atoms with van der Waals surface area (Å²) in [6, 6.07) is 13.4. The molecule has 1 unspecified atom stereocenters. The second kappa shape index (κ2) is 7.22. The molecule has 2 aromatic carbocycles. The maximum atomic E-state index is 12.6. The van der Waals surface area contributed by atoms with E-state index in [9.17, 15) is 14.4 Å². The highest BCUT2D eigenvalue weighted by molar-refractivity contribution is 14.1. The van der Waals surface area contributed by atoms with Gasteiger partial charge in [-0.25, -0.2) is 4.90 Å². The van der Waals surface area contributed by atoms with Crippen LogP contribution in [0, 0.1) is 3.57 Å². The van der Waals surface area contributed by atoms with Crippen LogP contribution in [-0.4, -0.2) is 28.9 Å². The molecule has 128 valence electrons. The largest absolute Gasteiger partial charge is 0.481 e. The zero-order valence-corrected chi connectivity index (χ0v) is 15.3. The molecule has 1 aliphatic heterocycles. The van der Waals surface area contributed by atoms with Gasteiger partial charge < -0.3 is 10.4 Å². The molecule has 0 aromatic heterocycles. The van der Waals surface area contributed by atoms with E-state index in [1.807, 2.05) is 24.3 Å². The predicted molar refractivity (Wildman–Crippen MR) is 101 cm³/mol. The number of hydrogen-bond donors (Lipinski definition) is 2. The van der Waals surface area contributed by atoms with Crippen LogP contribution < -0.4 is 10.2 Å². The number of carbonyl (C=O) groups excluding carboxylic acids is 2. The molecule has 1 heterocycles. The van der Waals surface area contributed by atoms with Gasteiger partial charge in [0.25, 0.3) is 5.91 Å². The van der Waals surface area contributed by atoms with Gasteiger partial charge >= 0.3 is 5.97 Å². The summed E-state index contributed by atoms with van der Waals surface area (Å²) in [6.45, 7) is 0. The fourth-order valence-corrected chi connectivity index (χ4v) is 3.06. The van der Waals surface area contributed by atoms with Crippen LogP contribution in [0.4, 0.5) is 11.4 Å². The van der Waals surface area contributed by atoms with Crippen LogP contribution in [0.25, 0.3) is 0 Å². The summed E-state index contributed by atoms with van der Waals surface area (Å²) in [5.41, 5.74) is 1.85. The van der Waals surface area contributed by atoms with E-state index in [4.69, 9.17) is 5.11 Å². The van der Waals surface area contributed by atoms with Crippen LogP contribution in [0.1, 0.15) is 12.0 Å². The summed E-state index contributed by atoms with van der Waals surface area (Å²) in [5.74, 6) is -1.52. The first-order valence-electron chi connectivity index (χ1n) is 7.63. The van der Waals surface area contributed by atoms with Crippen molar-refractivity contribution < 1.29 is 19.5 Å². The van der Waals surface area contributed by atoms with E-state index in [0.29, 0.717) is 11.3 Å². The molecule has 3 rings (SSSR count). The van der Waals surface area contributed by atoms with Crippen molar-refractivity contribution in [2.45, 2.75) is 18.9 Å². The average Bonchev–Trinajstić information content (AvgIpc) is 2.84. The first-order chi connectivity index (χ1) is 11.9. The number of carboxylic acid groups (broad SMARTS) is 1. The van der Waals surface area contributed by atoms with Crippen molar-refractivity contribution in [2.75, 3.05) is 10.2 Å². The van der Waals surface area contributed by atoms with Crippen molar-refractivity contribution in [1.82, 2.24) is 0 Å². The fraction of sp³-hybridized carbons (Fsp3) is 0.167. The number of aliphatic carboxylic acids is 1. The van der Waals surface area contributed by atoms with Gasteiger partial charge in [-0.15, -0.1) is 0 Å². The minimum Gasteiger partial charge on any atom is -0.481 e. The molecule has 0 aliphatic carbocycles. The Bertz CT molecular complexity index is 818. The van der Waals surface area contributed by atoms with Crippen LogP contribution in [0.15, 0.2) is 48.5 Å². The van der Waals surface area contributed by atoms with Gasteiger partial charge in [-0.1, -0.05) is 12.1 Å². The second-order valence-electron chi connectivity index (χ2n) is 5.71. The molecule has 1 saturated heterocycles. The molecule has 2 N–H and O–H groups in total. The monoisotopic (exact) mass is 450 g/mol. The molecule has 1 fully saturated rings. The molecular formula is C18H15IN2O4. The standard InChI is InChI=1S/C18H15IN2O4/c19-12-3-5-13(6-4-12)20-15-10-16(22)21(18(15)25)14-7-1-11(2-8-14)9-17(23)24/h1-8,15,20H,9-10H2,(H,23,24). The number of carbonyl (C=O) groups is 3. The summed E-state index contributed by atoms with van der Waals surface area (Å²) in [5, 5.41) is 11.9. The Morgan fingerprint density at radius 2 is 1.76 bits per heavy atom. The van der Waals surface area contributed by atoms with Crippen molar-refractivity contribution in [3.8, 4) is 0 Å². The van der Waals surface area contributed by atoms with Gasteiger partial charge in [0.15, 0.2) is 0 Å². The van der Waals surface area contributed by atoms with E-state index in [1.54, 1.807) is 24.3 Å². The van der Waals surface area contributed by atoms with Crippen molar-refractivity contribution in [1.29, 1.82) is 0 Å². The zero-order valence-electron chi connectivity index (χ0n) is 13.1. The highest BCUT2D eigenvalue weighted by Gasteiger charge is 2.39. The van der Waals surface area contributed by atoms with Crippen molar-refractivity contribution in [3.05, 3.63) is 57.7 Å². The third-order valence-electron chi connectivity index (χ3n) is 3.88. The zero-order chi connectivity index (χ0) is 18.0. The predicted octanol–water partition coefficient (Wildman–Crippen LogP) is 2.66. The molecule has 7 heteroatoms. The number of nitrogens with one attached hydrogen (secondary N) is 1. The molecular weight excluding hydrogens is 435 g/mol. The number of nitrogens with zero attached hydrogens (tertiary/aromatic N) is 1. The lowest BCUT2D eigenvalue weighted by Crippen LogP contribution is -2.34. The molecule has 0 radical (unpaired) electrons. The van der Waals surface area contributed by atoms with Gasteiger partial charge in [-0.3, -0.25) is 14.4 Å². The maximum absolute atomic E-state index is 12.6. The molecule has 2 amide bonds. The van der Waals surface area contributed by atoms with Gasteiger partial charge in [0.1, 0.15) is 6.04 Å². The lowest BCUT2D eigenvalue weighted by atomic mass is 10.1. The van der Waals surface area contributed by atoms with E-state index in [1.165, 1.54) is 0 Å². The lowest BCUT2D eigenvalue weighted by Gasteiger charge is -2.16. The van der Waals surface area contributed by atoms with Gasteiger partial charge in [0.2, 0.25) is 5.91 Å². The molecule has 0 saturated carbocycles. The first-order valence-corrected chi connectivity index (χ1v) is 8.71. The Balaban J connectivity index is 1.74. The summed E-state index contributed by atoms with van der Waals surface area (Å²) < 4.78 is 1.08. The second-order valence-corrected chi connectivity index (χ2v) is 6.96. The van der Waals surface area contributed by atoms with Gasteiger partial charge in [0.05, 0.1) is 18.5 Å². The third-order valence-corrected chi connectivity index (χ3v) is 4.60. The average molecular weight is 450 g/mol. The van der Waals surface area contributed by atoms with Crippen LogP contribution in [0.2, 0.25) is 0 Å². The molecule has 0 bridgehead atoms. The number of benzene rings is 2. The Morgan fingerprint density at radius 1 is 1.12 bits per heavy atom. The highest BCUT2D eigenvalue weighted by atomic mass is 127. The molecule has 2 aromatic rings. The number of halogens is 1. The number of rotatable bonds is 5. The Hall–Kier alpha value is -2.42. The number of imide groups is 1. The summed E-state index contributed by atoms with van der Waals surface area (Å²) in [4.78, 5) is 36.7. The smallest absolute Gasteiger partial charge is 0.307 e. The van der Waals surface area contributed by atoms with Gasteiger partial charge in [0, 0.05) is 9.26 Å². The summed E-state index contributed by atoms with van der Waals surface area (Å²) >= 11 is 2.20. The SMILES string of the molecule is O=C(O)Cc1ccc(N2C(=O)CC(Nc3ccc(I)cc3)C2=O)cc1. The van der Waals surface area contributed by atoms with E-state index in [0.717, 1.165) is 14.2 Å². The van der Waals surface area contributed by atoms with Crippen molar-refractivity contribution in [3.63, 3.8) is 0 Å². The normalized spacial score (nSPS) is 17.0. The Morgan fingerprint density at radius 3 is 2.36 bits per heavy atom. The van der Waals surface area contributed by atoms with Crippen LogP contribution in [0.5, 0.6) is 0 Å². The van der Waals surface area contributed by atoms with E-state index in [-0.39, 0.29) is 24.7 Å². The minimum atomic E-state index is -0.928. The molecule has 0 spiro atoms. The summed E-state index contributed by atoms with van der Waals surface area (Å²) in [6.07, 6.45) is -0.0130. The molecule has 6 nitrogen and oxygen atoms in total. The highest BCUT2D eigenvalue weighted by Crippen LogP contribution is 2.25. The lowest BCUT2D eigenvalue weighted by molar-refractivity contribution is -0.136. The Labute approximate surface area is 158 Å². The van der Waals surface area contributed by atoms with Crippen molar-refractivity contribution >= 4 is 51.7 Å². The van der Waals surface area contributed by atoms with Crippen LogP contribution >= 0.6 is 22.6 Å². The maximum Gasteiger partial charge on any atom is 0.307 e. The number of amides is 2. The van der Waals surface area contributed by atoms with Crippen LogP contribution in [-0.2, 0) is 20.8 Å². The quantitative estimate of drug-likeness (QED) is 0.541. The van der Waals surface area contributed by atoms with E-state index < -0.39 is 12.0 Å². The third kappa shape index (κ3) is 3.98. The molecule has 1 aliphatic rings. The van der Waals surface area contributed by atoms with Gasteiger partial charge in [-0.2, -0.15) is 0 Å². The fourth-order valence-electron chi connectivity index (χ4n) is 2.70. The number of anilines is 2. The Kier molecular flexibility index (Phi) is 5.03. The minimum absolute atomic E-state index is 0.0850. The molecule has 25 heavy (non-hydrogen) atoms. The van der Waals surface area contributed by atoms with Crippen LogP contribution in [0.3, 0.4) is 0 Å². The topological polar surface area (TPSA) is 86.7 Å². The van der Waals surface area contributed by atoms with E-state index >= 15 is 0 Å². The number of carboxylic acids is 1. The summed E-state index contributed by atoms with van der Waals surface area (Å²) in [7, 11) is 0. The molecule has 1 atom stereocenters. The number of hydrogen-bond acceptors (Lipinski definition) is 4. The van der Waals surface area contributed by atoms with Gasteiger partial charge in [-0.05, 0) is 64.6 Å². The first kappa shape index (κ1) is 17.4. The van der Waals surface area contributed by atoms with E-state index in [2.05, 4.69) is 27.9 Å². The van der Waals surface area contributed by atoms with Crippen molar-refractivity contribution in [2.24, 2.45) is 0 Å².